The minimum atomic E-state index is 0.275. The molecule has 0 aliphatic heterocycles. The molecule has 6 rings (SSSR count). The van der Waals surface area contributed by atoms with Crippen LogP contribution >= 0.6 is 0 Å². The van der Waals surface area contributed by atoms with Gasteiger partial charge >= 0.3 is 0 Å². The number of carbonyl (C=O) groups excluding carboxylic acids is 1. The van der Waals surface area contributed by atoms with Crippen molar-refractivity contribution < 1.29 is 4.79 Å². The van der Waals surface area contributed by atoms with Gasteiger partial charge in [-0.15, -0.1) is 0 Å². The van der Waals surface area contributed by atoms with Gasteiger partial charge in [-0.3, -0.25) is 9.78 Å². The van der Waals surface area contributed by atoms with E-state index in [0.29, 0.717) is 17.6 Å². The summed E-state index contributed by atoms with van der Waals surface area (Å²) < 4.78 is 0. The Morgan fingerprint density at radius 2 is 1.81 bits per heavy atom. The predicted octanol–water partition coefficient (Wildman–Crippen LogP) is 3.82. The molecular formula is C18H20N2O. The van der Waals surface area contributed by atoms with E-state index in [1.54, 1.807) is 6.20 Å². The van der Waals surface area contributed by atoms with E-state index in [2.05, 4.69) is 9.97 Å². The van der Waals surface area contributed by atoms with Crippen molar-refractivity contribution in [1.29, 1.82) is 0 Å². The van der Waals surface area contributed by atoms with Crippen LogP contribution in [0.3, 0.4) is 0 Å². The monoisotopic (exact) mass is 280 g/mol. The molecule has 4 aliphatic rings. The van der Waals surface area contributed by atoms with E-state index in [1.165, 1.54) is 32.1 Å². The molecule has 0 radical (unpaired) electrons. The first-order valence-electron chi connectivity index (χ1n) is 8.25. The summed E-state index contributed by atoms with van der Waals surface area (Å²) in [6.45, 7) is 0. The van der Waals surface area contributed by atoms with Gasteiger partial charge in [-0.25, -0.2) is 0 Å². The molecule has 2 heterocycles. The van der Waals surface area contributed by atoms with Gasteiger partial charge in [0.2, 0.25) is 0 Å². The summed E-state index contributed by atoms with van der Waals surface area (Å²) in [5, 5.41) is 0.997. The zero-order valence-corrected chi connectivity index (χ0v) is 12.1. The molecule has 4 saturated carbocycles. The van der Waals surface area contributed by atoms with Crippen LogP contribution in [0, 0.1) is 29.6 Å². The third-order valence-corrected chi connectivity index (χ3v) is 6.28. The van der Waals surface area contributed by atoms with Gasteiger partial charge in [0.15, 0.2) is 5.78 Å². The maximum atomic E-state index is 13.2. The van der Waals surface area contributed by atoms with Crippen molar-refractivity contribution >= 4 is 16.7 Å². The molecule has 2 aromatic rings. The topological polar surface area (TPSA) is 45.8 Å². The summed E-state index contributed by atoms with van der Waals surface area (Å²) in [6, 6.07) is 1.95. The second-order valence-electron chi connectivity index (χ2n) is 7.44. The average Bonchev–Trinajstić information content (AvgIpc) is 2.89. The van der Waals surface area contributed by atoms with E-state index in [0.717, 1.165) is 28.3 Å². The van der Waals surface area contributed by atoms with E-state index in [1.807, 2.05) is 18.5 Å². The average molecular weight is 280 g/mol. The third-order valence-electron chi connectivity index (χ3n) is 6.28. The van der Waals surface area contributed by atoms with Gasteiger partial charge < -0.3 is 4.98 Å². The van der Waals surface area contributed by atoms with Gasteiger partial charge in [-0.1, -0.05) is 0 Å². The molecule has 21 heavy (non-hydrogen) atoms. The molecule has 4 fully saturated rings. The standard InChI is InChI=1S/C18H20N2O/c21-18(15-9-20-16-1-2-19-8-14(15)16)17-12-4-10-3-11(6-12)7-13(17)5-10/h1-2,8-13,17,20H,3-7H2. The first-order valence-corrected chi connectivity index (χ1v) is 8.25. The lowest BCUT2D eigenvalue weighted by Gasteiger charge is -2.53. The van der Waals surface area contributed by atoms with Crippen LogP contribution in [0.4, 0.5) is 0 Å². The Labute approximate surface area is 124 Å². The number of Topliss-reactive ketones (excluding diaryl/α,β-unsaturated/α-hetero) is 1. The molecule has 0 spiro atoms. The van der Waals surface area contributed by atoms with Crippen molar-refractivity contribution in [2.24, 2.45) is 29.6 Å². The number of aromatic nitrogens is 2. The second-order valence-corrected chi connectivity index (χ2v) is 7.44. The van der Waals surface area contributed by atoms with Crippen LogP contribution < -0.4 is 0 Å². The van der Waals surface area contributed by atoms with Crippen LogP contribution in [0.2, 0.25) is 0 Å². The fourth-order valence-electron chi connectivity index (χ4n) is 5.70. The second kappa shape index (κ2) is 4.19. The largest absolute Gasteiger partial charge is 0.360 e. The summed E-state index contributed by atoms with van der Waals surface area (Å²) in [4.78, 5) is 20.6. The highest BCUT2D eigenvalue weighted by atomic mass is 16.1. The molecule has 0 amide bonds. The minimum Gasteiger partial charge on any atom is -0.360 e. The van der Waals surface area contributed by atoms with Crippen LogP contribution in [0.5, 0.6) is 0 Å². The molecule has 1 N–H and O–H groups in total. The molecule has 2 aromatic heterocycles. The Hall–Kier alpha value is -1.64. The first-order chi connectivity index (χ1) is 10.3. The molecule has 0 saturated heterocycles. The summed E-state index contributed by atoms with van der Waals surface area (Å²) in [5.74, 6) is 3.79. The Morgan fingerprint density at radius 3 is 2.52 bits per heavy atom. The first kappa shape index (κ1) is 12.0. The molecule has 4 bridgehead atoms. The van der Waals surface area contributed by atoms with Crippen molar-refractivity contribution in [3.05, 3.63) is 30.2 Å². The highest BCUT2D eigenvalue weighted by Gasteiger charge is 2.50. The van der Waals surface area contributed by atoms with E-state index in [-0.39, 0.29) is 5.92 Å². The van der Waals surface area contributed by atoms with Crippen LogP contribution in [0.25, 0.3) is 10.9 Å². The molecule has 0 aromatic carbocycles. The number of nitrogens with one attached hydrogen (secondary N) is 1. The normalized spacial score (nSPS) is 37.2. The fourth-order valence-corrected chi connectivity index (χ4v) is 5.70. The predicted molar refractivity (Wildman–Crippen MR) is 81.0 cm³/mol. The molecular weight excluding hydrogens is 260 g/mol. The number of rotatable bonds is 2. The highest BCUT2D eigenvalue weighted by Crippen LogP contribution is 2.57. The fraction of sp³-hybridized carbons (Fsp3) is 0.556. The van der Waals surface area contributed by atoms with Crippen LogP contribution in [0.1, 0.15) is 42.5 Å². The molecule has 4 aliphatic carbocycles. The van der Waals surface area contributed by atoms with Gasteiger partial charge in [-0.2, -0.15) is 0 Å². The van der Waals surface area contributed by atoms with E-state index < -0.39 is 0 Å². The van der Waals surface area contributed by atoms with E-state index in [4.69, 9.17) is 0 Å². The van der Waals surface area contributed by atoms with Crippen molar-refractivity contribution in [3.63, 3.8) is 0 Å². The maximum Gasteiger partial charge on any atom is 0.168 e. The number of fused-ring (bicyclic) bond motifs is 1. The van der Waals surface area contributed by atoms with Crippen LogP contribution in [-0.2, 0) is 0 Å². The zero-order chi connectivity index (χ0) is 14.0. The van der Waals surface area contributed by atoms with Gasteiger partial charge in [-0.05, 0) is 61.8 Å². The Kier molecular flexibility index (Phi) is 2.38. The quantitative estimate of drug-likeness (QED) is 0.850. The van der Waals surface area contributed by atoms with Crippen molar-refractivity contribution in [3.8, 4) is 0 Å². The highest BCUT2D eigenvalue weighted by molar-refractivity contribution is 6.08. The smallest absolute Gasteiger partial charge is 0.168 e. The van der Waals surface area contributed by atoms with Gasteiger partial charge in [0.05, 0.1) is 0 Å². The lowest BCUT2D eigenvalue weighted by Crippen LogP contribution is -2.48. The van der Waals surface area contributed by atoms with Crippen molar-refractivity contribution in [2.45, 2.75) is 32.1 Å². The Morgan fingerprint density at radius 1 is 1.10 bits per heavy atom. The van der Waals surface area contributed by atoms with Gasteiger partial charge in [0.1, 0.15) is 0 Å². The number of H-pyrrole nitrogens is 1. The van der Waals surface area contributed by atoms with Crippen molar-refractivity contribution in [2.75, 3.05) is 0 Å². The lowest BCUT2D eigenvalue weighted by molar-refractivity contribution is -0.0250. The summed E-state index contributed by atoms with van der Waals surface area (Å²) >= 11 is 0. The van der Waals surface area contributed by atoms with Crippen molar-refractivity contribution in [1.82, 2.24) is 9.97 Å². The number of hydrogen-bond donors (Lipinski definition) is 1. The summed E-state index contributed by atoms with van der Waals surface area (Å²) in [7, 11) is 0. The van der Waals surface area contributed by atoms with Gasteiger partial charge in [0.25, 0.3) is 0 Å². The molecule has 0 unspecified atom stereocenters. The number of ketones is 1. The number of pyridine rings is 1. The molecule has 3 nitrogen and oxygen atoms in total. The zero-order valence-electron chi connectivity index (χ0n) is 12.1. The Balaban J connectivity index is 1.54. The van der Waals surface area contributed by atoms with Crippen LogP contribution in [-0.4, -0.2) is 15.8 Å². The van der Waals surface area contributed by atoms with E-state index >= 15 is 0 Å². The molecule has 108 valence electrons. The van der Waals surface area contributed by atoms with Crippen LogP contribution in [0.15, 0.2) is 24.7 Å². The maximum absolute atomic E-state index is 13.2. The molecule has 0 atom stereocenters. The number of hydrogen-bond acceptors (Lipinski definition) is 2. The SMILES string of the molecule is O=C(c1c[nH]c2ccncc12)C1C2CC3CC(C2)CC1C3. The summed E-state index contributed by atoms with van der Waals surface area (Å²) in [5.41, 5.74) is 1.90. The summed E-state index contributed by atoms with van der Waals surface area (Å²) in [6.07, 6.45) is 12.1. The van der Waals surface area contributed by atoms with E-state index in [9.17, 15) is 4.79 Å². The Bertz CT molecular complexity index is 689. The minimum absolute atomic E-state index is 0.275. The lowest BCUT2D eigenvalue weighted by atomic mass is 9.51. The third kappa shape index (κ3) is 1.66. The molecule has 3 heteroatoms. The number of nitrogens with zero attached hydrogens (tertiary/aromatic N) is 1. The number of carbonyl (C=O) groups is 1. The number of aromatic amines is 1. The van der Waals surface area contributed by atoms with Gasteiger partial charge in [0, 0.05) is 41.0 Å².